The Morgan fingerprint density at radius 1 is 1.40 bits per heavy atom. The standard InChI is InChI=1S/C14H21N3O3/c1-2-13(18)16-10-5-7-17(8-6-10)14(19)12-4-3-11(9-15)20-12/h3-4,10H,2,5-9,15H2,1H3,(H,16,18). The molecule has 0 aromatic carbocycles. The van der Waals surface area contributed by atoms with Gasteiger partial charge >= 0.3 is 0 Å². The number of carbonyl (C=O) groups is 2. The molecule has 2 heterocycles. The maximum atomic E-state index is 12.2. The van der Waals surface area contributed by atoms with Crippen LogP contribution in [0, 0.1) is 0 Å². The Labute approximate surface area is 118 Å². The van der Waals surface area contributed by atoms with E-state index in [-0.39, 0.29) is 17.9 Å². The summed E-state index contributed by atoms with van der Waals surface area (Å²) in [5.74, 6) is 0.901. The summed E-state index contributed by atoms with van der Waals surface area (Å²) in [6.45, 7) is 3.39. The second-order valence-corrected chi connectivity index (χ2v) is 4.96. The average Bonchev–Trinajstić information content (AvgIpc) is 2.96. The molecule has 0 saturated carbocycles. The third-order valence-corrected chi connectivity index (χ3v) is 3.54. The first-order chi connectivity index (χ1) is 9.63. The molecule has 2 rings (SSSR count). The lowest BCUT2D eigenvalue weighted by Crippen LogP contribution is -2.46. The summed E-state index contributed by atoms with van der Waals surface area (Å²) >= 11 is 0. The predicted molar refractivity (Wildman–Crippen MR) is 74.0 cm³/mol. The van der Waals surface area contributed by atoms with Crippen molar-refractivity contribution >= 4 is 11.8 Å². The van der Waals surface area contributed by atoms with Gasteiger partial charge in [0.15, 0.2) is 5.76 Å². The number of carbonyl (C=O) groups excluding carboxylic acids is 2. The fourth-order valence-electron chi connectivity index (χ4n) is 2.32. The Kier molecular flexibility index (Phi) is 4.79. The van der Waals surface area contributed by atoms with Crippen molar-refractivity contribution in [2.75, 3.05) is 13.1 Å². The maximum absolute atomic E-state index is 12.2. The zero-order valence-corrected chi connectivity index (χ0v) is 11.7. The second-order valence-electron chi connectivity index (χ2n) is 4.96. The molecule has 0 spiro atoms. The van der Waals surface area contributed by atoms with Crippen LogP contribution in [0.2, 0.25) is 0 Å². The zero-order chi connectivity index (χ0) is 14.5. The zero-order valence-electron chi connectivity index (χ0n) is 11.7. The molecule has 0 bridgehead atoms. The lowest BCUT2D eigenvalue weighted by atomic mass is 10.0. The van der Waals surface area contributed by atoms with Crippen molar-refractivity contribution in [3.63, 3.8) is 0 Å². The Bertz CT molecular complexity index is 476. The molecular weight excluding hydrogens is 258 g/mol. The van der Waals surface area contributed by atoms with Crippen LogP contribution in [0.15, 0.2) is 16.5 Å². The number of rotatable bonds is 4. The summed E-state index contributed by atoms with van der Waals surface area (Å²) in [6, 6.07) is 3.56. The smallest absolute Gasteiger partial charge is 0.289 e. The maximum Gasteiger partial charge on any atom is 0.289 e. The largest absolute Gasteiger partial charge is 0.455 e. The molecule has 0 aliphatic carbocycles. The topological polar surface area (TPSA) is 88.6 Å². The van der Waals surface area contributed by atoms with E-state index in [4.69, 9.17) is 10.2 Å². The van der Waals surface area contributed by atoms with Crippen LogP contribution in [0.4, 0.5) is 0 Å². The average molecular weight is 279 g/mol. The summed E-state index contributed by atoms with van der Waals surface area (Å²) in [7, 11) is 0. The number of piperidine rings is 1. The fraction of sp³-hybridized carbons (Fsp3) is 0.571. The third-order valence-electron chi connectivity index (χ3n) is 3.54. The van der Waals surface area contributed by atoms with Gasteiger partial charge in [0.1, 0.15) is 5.76 Å². The minimum Gasteiger partial charge on any atom is -0.455 e. The summed E-state index contributed by atoms with van der Waals surface area (Å²) in [5, 5.41) is 2.96. The number of nitrogens with one attached hydrogen (secondary N) is 1. The monoisotopic (exact) mass is 279 g/mol. The molecule has 1 aromatic heterocycles. The first-order valence-electron chi connectivity index (χ1n) is 7.01. The van der Waals surface area contributed by atoms with Gasteiger partial charge in [-0.05, 0) is 25.0 Å². The minimum absolute atomic E-state index is 0.0633. The molecule has 0 atom stereocenters. The first kappa shape index (κ1) is 14.6. The van der Waals surface area contributed by atoms with E-state index in [1.165, 1.54) is 0 Å². The molecule has 1 aromatic rings. The summed E-state index contributed by atoms with van der Waals surface area (Å²) < 4.78 is 5.37. The highest BCUT2D eigenvalue weighted by atomic mass is 16.4. The number of likely N-dealkylation sites (tertiary alicyclic amines) is 1. The van der Waals surface area contributed by atoms with Gasteiger partial charge in [-0.3, -0.25) is 9.59 Å². The molecule has 1 fully saturated rings. The Morgan fingerprint density at radius 2 is 2.10 bits per heavy atom. The van der Waals surface area contributed by atoms with Crippen molar-refractivity contribution < 1.29 is 14.0 Å². The number of hydrogen-bond acceptors (Lipinski definition) is 4. The number of nitrogens with two attached hydrogens (primary N) is 1. The van der Waals surface area contributed by atoms with E-state index in [1.807, 2.05) is 6.92 Å². The summed E-state index contributed by atoms with van der Waals surface area (Å²) in [5.41, 5.74) is 5.46. The second kappa shape index (κ2) is 6.56. The SMILES string of the molecule is CCC(=O)NC1CCN(C(=O)c2ccc(CN)o2)CC1. The number of furan rings is 1. The van der Waals surface area contributed by atoms with Crippen LogP contribution < -0.4 is 11.1 Å². The van der Waals surface area contributed by atoms with Gasteiger partial charge < -0.3 is 20.4 Å². The minimum atomic E-state index is -0.107. The Morgan fingerprint density at radius 3 is 2.65 bits per heavy atom. The molecule has 1 saturated heterocycles. The highest BCUT2D eigenvalue weighted by molar-refractivity contribution is 5.91. The number of hydrogen-bond donors (Lipinski definition) is 2. The van der Waals surface area contributed by atoms with E-state index in [0.717, 1.165) is 12.8 Å². The van der Waals surface area contributed by atoms with Gasteiger partial charge in [-0.15, -0.1) is 0 Å². The molecule has 0 radical (unpaired) electrons. The van der Waals surface area contributed by atoms with Crippen LogP contribution >= 0.6 is 0 Å². The van der Waals surface area contributed by atoms with Crippen LogP contribution in [-0.2, 0) is 11.3 Å². The molecule has 20 heavy (non-hydrogen) atoms. The third kappa shape index (κ3) is 3.39. The lowest BCUT2D eigenvalue weighted by Gasteiger charge is -2.31. The predicted octanol–water partition coefficient (Wildman–Crippen LogP) is 0.869. The Balaban J connectivity index is 1.87. The van der Waals surface area contributed by atoms with Gasteiger partial charge in [0.25, 0.3) is 5.91 Å². The molecule has 110 valence electrons. The van der Waals surface area contributed by atoms with Crippen molar-refractivity contribution in [2.24, 2.45) is 5.73 Å². The fourth-order valence-corrected chi connectivity index (χ4v) is 2.32. The van der Waals surface area contributed by atoms with Crippen molar-refractivity contribution in [3.8, 4) is 0 Å². The van der Waals surface area contributed by atoms with Gasteiger partial charge in [-0.25, -0.2) is 0 Å². The number of nitrogens with zero attached hydrogens (tertiary/aromatic N) is 1. The van der Waals surface area contributed by atoms with Gasteiger partial charge in [0.2, 0.25) is 5.91 Å². The number of amides is 2. The van der Waals surface area contributed by atoms with Crippen LogP contribution in [0.5, 0.6) is 0 Å². The van der Waals surface area contributed by atoms with Crippen LogP contribution in [0.1, 0.15) is 42.5 Å². The summed E-state index contributed by atoms with van der Waals surface area (Å²) in [6.07, 6.45) is 2.05. The molecule has 1 aliphatic heterocycles. The quantitative estimate of drug-likeness (QED) is 0.856. The van der Waals surface area contributed by atoms with Crippen LogP contribution in [0.25, 0.3) is 0 Å². The molecular formula is C14H21N3O3. The molecule has 1 aliphatic rings. The van der Waals surface area contributed by atoms with Crippen molar-refractivity contribution in [1.29, 1.82) is 0 Å². The molecule has 2 amide bonds. The van der Waals surface area contributed by atoms with Gasteiger partial charge in [0.05, 0.1) is 6.54 Å². The highest BCUT2D eigenvalue weighted by Gasteiger charge is 2.25. The van der Waals surface area contributed by atoms with Crippen molar-refractivity contribution in [1.82, 2.24) is 10.2 Å². The Hall–Kier alpha value is -1.82. The molecule has 0 unspecified atom stereocenters. The van der Waals surface area contributed by atoms with E-state index in [0.29, 0.717) is 37.6 Å². The van der Waals surface area contributed by atoms with E-state index >= 15 is 0 Å². The van der Waals surface area contributed by atoms with E-state index in [2.05, 4.69) is 5.32 Å². The van der Waals surface area contributed by atoms with Crippen molar-refractivity contribution in [2.45, 2.75) is 38.8 Å². The lowest BCUT2D eigenvalue weighted by molar-refractivity contribution is -0.121. The molecule has 3 N–H and O–H groups in total. The van der Waals surface area contributed by atoms with Crippen LogP contribution in [0.3, 0.4) is 0 Å². The van der Waals surface area contributed by atoms with E-state index in [1.54, 1.807) is 17.0 Å². The van der Waals surface area contributed by atoms with Crippen molar-refractivity contribution in [3.05, 3.63) is 23.7 Å². The molecule has 6 heteroatoms. The normalized spacial score (nSPS) is 16.2. The van der Waals surface area contributed by atoms with E-state index in [9.17, 15) is 9.59 Å². The van der Waals surface area contributed by atoms with Crippen LogP contribution in [-0.4, -0.2) is 35.8 Å². The van der Waals surface area contributed by atoms with Gasteiger partial charge in [-0.1, -0.05) is 6.92 Å². The molecule has 6 nitrogen and oxygen atoms in total. The van der Waals surface area contributed by atoms with E-state index < -0.39 is 0 Å². The first-order valence-corrected chi connectivity index (χ1v) is 7.01. The van der Waals surface area contributed by atoms with Gasteiger partial charge in [-0.2, -0.15) is 0 Å². The highest BCUT2D eigenvalue weighted by Crippen LogP contribution is 2.16. The van der Waals surface area contributed by atoms with Gasteiger partial charge in [0, 0.05) is 25.6 Å². The summed E-state index contributed by atoms with van der Waals surface area (Å²) in [4.78, 5) is 25.3.